The number of ether oxygens (including phenoxy) is 1. The fourth-order valence-corrected chi connectivity index (χ4v) is 4.69. The van der Waals surface area contributed by atoms with E-state index in [1.54, 1.807) is 31.4 Å². The Hall–Kier alpha value is -3.49. The number of hydrogen-bond acceptors (Lipinski definition) is 7. The van der Waals surface area contributed by atoms with Gasteiger partial charge in [0.1, 0.15) is 0 Å². The van der Waals surface area contributed by atoms with Gasteiger partial charge in [0.05, 0.1) is 30.4 Å². The molecule has 0 saturated carbocycles. The van der Waals surface area contributed by atoms with Crippen molar-refractivity contribution in [3.63, 3.8) is 0 Å². The molecule has 0 aliphatic carbocycles. The molecule has 4 rings (SSSR count). The summed E-state index contributed by atoms with van der Waals surface area (Å²) in [5.74, 6) is 5.74. The molecule has 10 heteroatoms. The van der Waals surface area contributed by atoms with Crippen molar-refractivity contribution < 1.29 is 18.3 Å². The number of nitrogens with zero attached hydrogens (tertiary/aromatic N) is 2. The van der Waals surface area contributed by atoms with E-state index in [0.717, 1.165) is 37.0 Å². The maximum atomic E-state index is 11.9. The van der Waals surface area contributed by atoms with Gasteiger partial charge in [-0.25, -0.2) is 18.1 Å². The summed E-state index contributed by atoms with van der Waals surface area (Å²) in [6.07, 6.45) is 2.56. The van der Waals surface area contributed by atoms with Crippen molar-refractivity contribution in [1.29, 1.82) is 0 Å². The average molecular weight is 509 g/mol. The minimum atomic E-state index is -3.57. The molecule has 1 saturated heterocycles. The molecule has 1 atom stereocenters. The lowest BCUT2D eigenvalue weighted by molar-refractivity contribution is -0.0333. The maximum absolute atomic E-state index is 11.9. The fourth-order valence-electron chi connectivity index (χ4n) is 3.95. The molecular weight excluding hydrogens is 480 g/mol. The van der Waals surface area contributed by atoms with Gasteiger partial charge in [-0.1, -0.05) is 36.1 Å². The summed E-state index contributed by atoms with van der Waals surface area (Å²) < 4.78 is 31.7. The van der Waals surface area contributed by atoms with Crippen LogP contribution >= 0.6 is 0 Å². The monoisotopic (exact) mass is 508 g/mol. The zero-order valence-corrected chi connectivity index (χ0v) is 20.9. The largest absolute Gasteiger partial charge is 0.502 e. The first-order chi connectivity index (χ1) is 17.2. The van der Waals surface area contributed by atoms with E-state index in [-0.39, 0.29) is 12.1 Å². The van der Waals surface area contributed by atoms with E-state index in [9.17, 15) is 18.3 Å². The van der Waals surface area contributed by atoms with Crippen LogP contribution in [0.2, 0.25) is 0 Å². The van der Waals surface area contributed by atoms with Gasteiger partial charge in [0, 0.05) is 44.3 Å². The second kappa shape index (κ2) is 11.1. The molecular formula is C26H28N4O5S. The zero-order chi connectivity index (χ0) is 25.7. The summed E-state index contributed by atoms with van der Waals surface area (Å²) in [4.78, 5) is 20.3. The van der Waals surface area contributed by atoms with E-state index < -0.39 is 27.4 Å². The Bertz CT molecular complexity index is 1420. The van der Waals surface area contributed by atoms with Crippen LogP contribution in [0.5, 0.6) is 5.75 Å². The highest BCUT2D eigenvalue weighted by atomic mass is 32.2. The zero-order valence-electron chi connectivity index (χ0n) is 20.1. The number of H-pyrrole nitrogens is 1. The minimum Gasteiger partial charge on any atom is -0.502 e. The van der Waals surface area contributed by atoms with E-state index >= 15 is 0 Å². The Morgan fingerprint density at radius 3 is 2.33 bits per heavy atom. The maximum Gasteiger partial charge on any atom is 0.293 e. The van der Waals surface area contributed by atoms with Crippen molar-refractivity contribution in [3.05, 3.63) is 93.2 Å². The molecule has 2 aromatic carbocycles. The number of aromatic amines is 1. The minimum absolute atomic E-state index is 0.00372. The smallest absolute Gasteiger partial charge is 0.293 e. The quantitative estimate of drug-likeness (QED) is 0.394. The van der Waals surface area contributed by atoms with Crippen LogP contribution in [0.4, 0.5) is 0 Å². The molecule has 0 bridgehead atoms. The fraction of sp³-hybridized carbons (Fsp3) is 0.308. The molecule has 0 amide bonds. The molecule has 0 unspecified atom stereocenters. The van der Waals surface area contributed by atoms with Crippen molar-refractivity contribution in [2.75, 3.05) is 26.5 Å². The standard InChI is InChI=1S/C26H28N4O5S/c1-35-22-15-30(16-22)14-20-7-5-18(6-8-20)3-4-19-9-11-21(12-10-19)23(29-36(2,33)34)13-24-25(31)26(32)28-17-27-24/h5-12,17,22-23,29,31H,13-16H2,1-2H3,(H,27,28,32)/t23-/m0/s1. The topological polar surface area (TPSA) is 125 Å². The van der Waals surface area contributed by atoms with Gasteiger partial charge in [0.25, 0.3) is 5.56 Å². The van der Waals surface area contributed by atoms with E-state index in [0.29, 0.717) is 11.7 Å². The Kier molecular flexibility index (Phi) is 7.86. The Balaban J connectivity index is 1.44. The number of likely N-dealkylation sites (tertiary alicyclic amines) is 1. The summed E-state index contributed by atoms with van der Waals surface area (Å²) >= 11 is 0. The Morgan fingerprint density at radius 2 is 1.75 bits per heavy atom. The summed E-state index contributed by atoms with van der Waals surface area (Å²) in [6, 6.07) is 14.6. The van der Waals surface area contributed by atoms with Gasteiger partial charge in [-0.05, 0) is 35.4 Å². The Labute approximate surface area is 210 Å². The third kappa shape index (κ3) is 6.80. The molecule has 188 valence electrons. The number of rotatable bonds is 8. The first kappa shape index (κ1) is 25.6. The molecule has 9 nitrogen and oxygen atoms in total. The highest BCUT2D eigenvalue weighted by molar-refractivity contribution is 7.88. The third-order valence-electron chi connectivity index (χ3n) is 5.94. The van der Waals surface area contributed by atoms with Gasteiger partial charge in [0.2, 0.25) is 15.8 Å². The third-order valence-corrected chi connectivity index (χ3v) is 6.65. The van der Waals surface area contributed by atoms with E-state index in [2.05, 4.69) is 43.6 Å². The van der Waals surface area contributed by atoms with Crippen molar-refractivity contribution in [3.8, 4) is 17.6 Å². The highest BCUT2D eigenvalue weighted by Gasteiger charge is 2.25. The summed E-state index contributed by atoms with van der Waals surface area (Å²) in [5.41, 5.74) is 2.96. The number of sulfonamides is 1. The molecule has 1 aromatic heterocycles. The molecule has 1 fully saturated rings. The van der Waals surface area contributed by atoms with Crippen LogP contribution in [-0.4, -0.2) is 61.0 Å². The number of aromatic nitrogens is 2. The second-order valence-corrected chi connectivity index (χ2v) is 10.6. The molecule has 0 spiro atoms. The van der Waals surface area contributed by atoms with Crippen LogP contribution in [0, 0.1) is 11.8 Å². The number of methoxy groups -OCH3 is 1. The van der Waals surface area contributed by atoms with Gasteiger partial charge < -0.3 is 14.8 Å². The summed E-state index contributed by atoms with van der Waals surface area (Å²) in [5, 5.41) is 10.0. The first-order valence-electron chi connectivity index (χ1n) is 11.4. The van der Waals surface area contributed by atoms with Crippen LogP contribution in [0.15, 0.2) is 59.7 Å². The number of hydrogen-bond donors (Lipinski definition) is 3. The molecule has 1 aliphatic rings. The van der Waals surface area contributed by atoms with Crippen molar-refractivity contribution >= 4 is 10.0 Å². The number of nitrogens with one attached hydrogen (secondary N) is 2. The Morgan fingerprint density at radius 1 is 1.14 bits per heavy atom. The van der Waals surface area contributed by atoms with Gasteiger partial charge in [-0.15, -0.1) is 0 Å². The molecule has 3 aromatic rings. The van der Waals surface area contributed by atoms with Crippen LogP contribution in [0.25, 0.3) is 0 Å². The number of aromatic hydroxyl groups is 1. The van der Waals surface area contributed by atoms with Crippen LogP contribution < -0.4 is 10.3 Å². The van der Waals surface area contributed by atoms with Crippen LogP contribution in [-0.2, 0) is 27.7 Å². The molecule has 2 heterocycles. The average Bonchev–Trinajstić information content (AvgIpc) is 2.82. The second-order valence-electron chi connectivity index (χ2n) is 8.79. The number of benzene rings is 2. The lowest BCUT2D eigenvalue weighted by atomic mass is 10.0. The lowest BCUT2D eigenvalue weighted by Crippen LogP contribution is -2.50. The highest BCUT2D eigenvalue weighted by Crippen LogP contribution is 2.22. The SMILES string of the molecule is COC1CN(Cc2ccc(C#Cc3ccc([C@H](Cc4nc[nH]c(=O)c4O)NS(C)(=O)=O)cc3)cc2)C1. The summed E-state index contributed by atoms with van der Waals surface area (Å²) in [6.45, 7) is 2.80. The normalized spacial score (nSPS) is 15.1. The summed E-state index contributed by atoms with van der Waals surface area (Å²) in [7, 11) is -1.83. The van der Waals surface area contributed by atoms with Gasteiger partial charge >= 0.3 is 0 Å². The molecule has 3 N–H and O–H groups in total. The van der Waals surface area contributed by atoms with Gasteiger partial charge in [-0.2, -0.15) is 0 Å². The first-order valence-corrected chi connectivity index (χ1v) is 13.3. The predicted octanol–water partition coefficient (Wildman–Crippen LogP) is 1.54. The molecule has 0 radical (unpaired) electrons. The van der Waals surface area contributed by atoms with E-state index in [4.69, 9.17) is 4.74 Å². The van der Waals surface area contributed by atoms with Gasteiger partial charge in [0.15, 0.2) is 0 Å². The molecule has 36 heavy (non-hydrogen) atoms. The molecule has 1 aliphatic heterocycles. The van der Waals surface area contributed by atoms with Gasteiger partial charge in [-0.3, -0.25) is 9.69 Å². The lowest BCUT2D eigenvalue weighted by Gasteiger charge is -2.38. The van der Waals surface area contributed by atoms with Crippen molar-refractivity contribution in [2.24, 2.45) is 0 Å². The van der Waals surface area contributed by atoms with Crippen LogP contribution in [0.1, 0.15) is 34.0 Å². The van der Waals surface area contributed by atoms with Crippen LogP contribution in [0.3, 0.4) is 0 Å². The van der Waals surface area contributed by atoms with Crippen molar-refractivity contribution in [1.82, 2.24) is 19.6 Å². The van der Waals surface area contributed by atoms with E-state index in [1.807, 2.05) is 12.1 Å². The predicted molar refractivity (Wildman–Crippen MR) is 136 cm³/mol. The van der Waals surface area contributed by atoms with Crippen molar-refractivity contribution in [2.45, 2.75) is 25.1 Å². The van der Waals surface area contributed by atoms with E-state index in [1.165, 1.54) is 11.9 Å².